The fraction of sp³-hybridized carbons (Fsp3) is 0.385. The van der Waals surface area contributed by atoms with Gasteiger partial charge in [-0.2, -0.15) is 0 Å². The lowest BCUT2D eigenvalue weighted by Crippen LogP contribution is -2.25. The van der Waals surface area contributed by atoms with Crippen LogP contribution in [0.3, 0.4) is 0 Å². The largest absolute Gasteiger partial charge is 0.309 e. The lowest BCUT2D eigenvalue weighted by atomic mass is 9.70. The minimum Gasteiger partial charge on any atom is -0.309 e. The third kappa shape index (κ3) is 9.11. The van der Waals surface area contributed by atoms with Gasteiger partial charge in [0.15, 0.2) is 0 Å². The number of nitrogens with zero attached hydrogens (tertiary/aromatic N) is 2. The van der Waals surface area contributed by atoms with E-state index < -0.39 is 0 Å². The Morgan fingerprint density at radius 1 is 0.463 bits per heavy atom. The van der Waals surface area contributed by atoms with E-state index in [1.807, 2.05) is 0 Å². The van der Waals surface area contributed by atoms with Crippen LogP contribution in [0.15, 0.2) is 140 Å². The van der Waals surface area contributed by atoms with Gasteiger partial charge < -0.3 is 9.80 Å². The van der Waals surface area contributed by atoms with Crippen molar-refractivity contribution in [2.75, 3.05) is 9.80 Å². The minimum absolute atomic E-state index is 0.0391. The molecule has 0 N–H and O–H groups in total. The van der Waals surface area contributed by atoms with Crippen LogP contribution in [0.5, 0.6) is 0 Å². The van der Waals surface area contributed by atoms with Gasteiger partial charge in [-0.25, -0.2) is 0 Å². The van der Waals surface area contributed by atoms with Gasteiger partial charge in [-0.15, -0.1) is 0 Å². The molecule has 0 radical (unpaired) electrons. The highest BCUT2D eigenvalue weighted by atomic mass is 15.2. The Morgan fingerprint density at radius 3 is 1.15 bits per heavy atom. The summed E-state index contributed by atoms with van der Waals surface area (Å²) in [5, 5.41) is 5.12. The Balaban J connectivity index is 1.45. The lowest BCUT2D eigenvalue weighted by Gasteiger charge is -2.37. The van der Waals surface area contributed by atoms with Gasteiger partial charge in [0.1, 0.15) is 0 Å². The molecule has 2 nitrogen and oxygen atoms in total. The highest BCUT2D eigenvalue weighted by molar-refractivity contribution is 6.23. The predicted octanol–water partition coefficient (Wildman–Crippen LogP) is 20.0. The Hall–Kier alpha value is -5.60. The van der Waals surface area contributed by atoms with Gasteiger partial charge in [0.2, 0.25) is 0 Å². The van der Waals surface area contributed by atoms with Gasteiger partial charge in [-0.05, 0) is 155 Å². The van der Waals surface area contributed by atoms with Crippen molar-refractivity contribution in [3.63, 3.8) is 0 Å². The zero-order chi connectivity index (χ0) is 47.3. The smallest absolute Gasteiger partial charge is 0.0620 e. The van der Waals surface area contributed by atoms with Crippen molar-refractivity contribution >= 4 is 61.2 Å². The molecule has 7 aromatic rings. The number of hydrogen-bond acceptors (Lipinski definition) is 2. The van der Waals surface area contributed by atoms with E-state index in [4.69, 9.17) is 0 Å². The topological polar surface area (TPSA) is 6.48 Å². The molecule has 2 aliphatic carbocycles. The Kier molecular flexibility index (Phi) is 12.8. The van der Waals surface area contributed by atoms with Crippen LogP contribution in [0.1, 0.15) is 179 Å². The van der Waals surface area contributed by atoms with Crippen LogP contribution in [-0.4, -0.2) is 0 Å². The summed E-state index contributed by atoms with van der Waals surface area (Å²) in [5.74, 6) is 0.882. The molecule has 346 valence electrons. The molecule has 0 unspecified atom stereocenters. The summed E-state index contributed by atoms with van der Waals surface area (Å²) < 4.78 is 0. The van der Waals surface area contributed by atoms with E-state index in [0.717, 1.165) is 22.5 Å². The molecule has 67 heavy (non-hydrogen) atoms. The van der Waals surface area contributed by atoms with Crippen molar-refractivity contribution in [1.82, 2.24) is 0 Å². The van der Waals surface area contributed by atoms with Gasteiger partial charge in [0.05, 0.1) is 11.4 Å². The van der Waals surface area contributed by atoms with Crippen LogP contribution in [0.2, 0.25) is 0 Å². The van der Waals surface area contributed by atoms with Gasteiger partial charge in [-0.1, -0.05) is 186 Å². The second-order valence-electron chi connectivity index (χ2n) is 22.7. The third-order valence-electron chi connectivity index (χ3n) is 16.1. The summed E-state index contributed by atoms with van der Waals surface area (Å²) in [5.41, 5.74) is 16.6. The molecule has 0 spiro atoms. The van der Waals surface area contributed by atoms with Gasteiger partial charge >= 0.3 is 0 Å². The Bertz CT molecular complexity index is 2770. The molecule has 0 heterocycles. The first-order chi connectivity index (χ1) is 32.0. The normalized spacial score (nSPS) is 16.2. The zero-order valence-electron chi connectivity index (χ0n) is 42.5. The molecule has 0 aromatic heterocycles. The number of anilines is 6. The summed E-state index contributed by atoms with van der Waals surface area (Å²) in [4.78, 5) is 5.18. The second kappa shape index (κ2) is 18.5. The van der Waals surface area contributed by atoms with E-state index in [9.17, 15) is 0 Å². The van der Waals surface area contributed by atoms with E-state index in [2.05, 4.69) is 219 Å². The van der Waals surface area contributed by atoms with Gasteiger partial charge in [-0.3, -0.25) is 0 Å². The first-order valence-corrected chi connectivity index (χ1v) is 25.8. The highest BCUT2D eigenvalue weighted by Crippen LogP contribution is 2.54. The van der Waals surface area contributed by atoms with Crippen LogP contribution in [0, 0.1) is 0 Å². The SMILES string of the molecule is C=C(C)c1ccc(N(c2ccc(C(C)C)cc2)c2c3ccc(C4(C)CCCCC4)cc3c(N(c3ccc(C(C)C)cc3)c3ccc(C(C)(C)C)cc3)c3cc(C4(C)CCCCC4)ccc23)cc1. The molecular weight excluding hydrogens is 809 g/mol. The standard InChI is InChI=1S/C65H76N2/c1-44(2)47-18-28-53(29-19-47)66(54-30-20-48(21-31-54)45(3)4)61-57-36-26-51(64(10)38-14-12-15-39-64)42-59(57)62(60-43-52(27-37-58(60)61)65(11)40-16-13-17-41-65)67(55-32-22-49(23-33-55)46(5)6)56-34-24-50(25-35-56)63(7,8)9/h18-37,42-43,45-46H,1,12-17,38-41H2,2-11H3. The fourth-order valence-electron chi connectivity index (χ4n) is 11.5. The molecule has 0 bridgehead atoms. The van der Waals surface area contributed by atoms with Crippen LogP contribution in [-0.2, 0) is 16.2 Å². The van der Waals surface area contributed by atoms with Crippen LogP contribution in [0.25, 0.3) is 27.1 Å². The summed E-state index contributed by atoms with van der Waals surface area (Å²) in [7, 11) is 0. The second-order valence-corrected chi connectivity index (χ2v) is 22.7. The summed E-state index contributed by atoms with van der Waals surface area (Å²) in [6.07, 6.45) is 12.6. The highest BCUT2D eigenvalue weighted by Gasteiger charge is 2.34. The molecule has 0 aliphatic heterocycles. The molecule has 7 aromatic carbocycles. The Labute approximate surface area is 404 Å². The average molecular weight is 885 g/mol. The quantitative estimate of drug-likeness (QED) is 0.0943. The molecule has 0 atom stereocenters. The number of rotatable bonds is 11. The molecule has 0 amide bonds. The van der Waals surface area contributed by atoms with Crippen molar-refractivity contribution in [2.45, 2.75) is 162 Å². The van der Waals surface area contributed by atoms with Crippen molar-refractivity contribution in [2.24, 2.45) is 0 Å². The maximum absolute atomic E-state index is 4.32. The van der Waals surface area contributed by atoms with E-state index in [1.54, 1.807) is 0 Å². The fourth-order valence-corrected chi connectivity index (χ4v) is 11.5. The molecule has 2 fully saturated rings. The van der Waals surface area contributed by atoms with Crippen LogP contribution < -0.4 is 9.80 Å². The first-order valence-electron chi connectivity index (χ1n) is 25.8. The lowest BCUT2D eigenvalue weighted by molar-refractivity contribution is 0.320. The zero-order valence-corrected chi connectivity index (χ0v) is 42.5. The number of benzene rings is 7. The molecule has 0 saturated heterocycles. The Morgan fingerprint density at radius 2 is 0.806 bits per heavy atom. The van der Waals surface area contributed by atoms with Crippen molar-refractivity contribution in [1.29, 1.82) is 0 Å². The summed E-state index contributed by atoms with van der Waals surface area (Å²) >= 11 is 0. The molecule has 9 rings (SSSR count). The van der Waals surface area contributed by atoms with Gasteiger partial charge in [0, 0.05) is 44.3 Å². The first kappa shape index (κ1) is 46.5. The maximum atomic E-state index is 4.32. The minimum atomic E-state index is 0.0391. The van der Waals surface area contributed by atoms with Crippen molar-refractivity contribution in [3.05, 3.63) is 173 Å². The molecular formula is C65H76N2. The number of allylic oxidation sites excluding steroid dienone is 1. The number of hydrogen-bond donors (Lipinski definition) is 0. The van der Waals surface area contributed by atoms with Crippen LogP contribution in [0.4, 0.5) is 34.1 Å². The monoisotopic (exact) mass is 885 g/mol. The average Bonchev–Trinajstić information content (AvgIpc) is 3.32. The maximum Gasteiger partial charge on any atom is 0.0620 e. The summed E-state index contributed by atoms with van der Waals surface area (Å²) in [6, 6.07) is 52.7. The number of fused-ring (bicyclic) bond motifs is 2. The van der Waals surface area contributed by atoms with Crippen LogP contribution >= 0.6 is 0 Å². The van der Waals surface area contributed by atoms with E-state index >= 15 is 0 Å². The molecule has 2 heteroatoms. The van der Waals surface area contributed by atoms with E-state index in [0.29, 0.717) is 11.8 Å². The van der Waals surface area contributed by atoms with Gasteiger partial charge in [0.25, 0.3) is 0 Å². The van der Waals surface area contributed by atoms with E-state index in [-0.39, 0.29) is 16.2 Å². The van der Waals surface area contributed by atoms with Crippen molar-refractivity contribution in [3.8, 4) is 0 Å². The summed E-state index contributed by atoms with van der Waals surface area (Å²) in [6.45, 7) is 27.6. The molecule has 2 saturated carbocycles. The van der Waals surface area contributed by atoms with E-state index in [1.165, 1.54) is 136 Å². The third-order valence-corrected chi connectivity index (χ3v) is 16.1. The molecule has 2 aliphatic rings. The predicted molar refractivity (Wildman–Crippen MR) is 293 cm³/mol. The van der Waals surface area contributed by atoms with Crippen molar-refractivity contribution < 1.29 is 0 Å².